The van der Waals surface area contributed by atoms with Crippen molar-refractivity contribution < 1.29 is 38.3 Å². The zero-order chi connectivity index (χ0) is 32.0. The van der Waals surface area contributed by atoms with Crippen LogP contribution in [0.15, 0.2) is 76.4 Å². The summed E-state index contributed by atoms with van der Waals surface area (Å²) in [6, 6.07) is 8.73. The van der Waals surface area contributed by atoms with Crippen molar-refractivity contribution in [2.45, 2.75) is 37.8 Å². The number of nitrogens with zero attached hydrogens (tertiary/aromatic N) is 3. The van der Waals surface area contributed by atoms with Gasteiger partial charge in [-0.25, -0.2) is 18.5 Å². The maximum atomic E-state index is 15.3. The van der Waals surface area contributed by atoms with E-state index in [1.54, 1.807) is 40.6 Å². The maximum absolute atomic E-state index is 15.3. The number of carbonyl (C=O) groups excluding carboxylic acids is 2. The largest absolute Gasteiger partial charge is 0.477 e. The minimum atomic E-state index is -1.39. The normalized spacial score (nSPS) is 17.6. The average molecular weight is 650 g/mol. The highest BCUT2D eigenvalue weighted by Gasteiger charge is 2.54. The van der Waals surface area contributed by atoms with Gasteiger partial charge in [0, 0.05) is 52.0 Å². The number of nitrogens with one attached hydrogen (secondary N) is 1. The SMILES string of the molecule is CCn1cc(C(=O)O)c(=O)c2cc(F)c(-c3cc[n+](CC4=C(C(=O)O)N5C(=O)C(NC(=O)Cc6cccs6)C5SC4)cc3)cc21. The van der Waals surface area contributed by atoms with E-state index in [-0.39, 0.29) is 35.5 Å². The van der Waals surface area contributed by atoms with Crippen LogP contribution in [-0.4, -0.2) is 60.6 Å². The molecule has 4 aromatic rings. The predicted molar refractivity (Wildman–Crippen MR) is 164 cm³/mol. The van der Waals surface area contributed by atoms with Gasteiger partial charge >= 0.3 is 11.9 Å². The summed E-state index contributed by atoms with van der Waals surface area (Å²) in [5.41, 5.74) is 0.298. The van der Waals surface area contributed by atoms with Crippen LogP contribution in [0.3, 0.4) is 0 Å². The molecule has 2 atom stereocenters. The molecule has 5 heterocycles. The highest BCUT2D eigenvalue weighted by atomic mass is 32.2. The number of carbonyl (C=O) groups is 4. The van der Waals surface area contributed by atoms with Crippen LogP contribution < -0.4 is 15.3 Å². The number of pyridine rings is 2. The van der Waals surface area contributed by atoms with E-state index in [0.717, 1.165) is 10.9 Å². The van der Waals surface area contributed by atoms with Crippen LogP contribution in [0.2, 0.25) is 0 Å². The van der Waals surface area contributed by atoms with Gasteiger partial charge in [-0.05, 0) is 36.1 Å². The van der Waals surface area contributed by atoms with Gasteiger partial charge in [0.05, 0.1) is 11.9 Å². The molecule has 0 spiro atoms. The second kappa shape index (κ2) is 11.9. The number of halogens is 1. The first-order valence-electron chi connectivity index (χ1n) is 13.9. The molecule has 3 aromatic heterocycles. The standard InChI is InChI=1S/C31H25FN4O7S2/c1-2-35-14-21(30(40)41)27(38)20-11-22(32)19(12-23(20)35)16-5-7-34(8-6-16)13-17-15-45-29-25(28(39)36(29)26(17)31(42)43)33-24(37)10-18-4-3-9-44-18/h3-9,11-12,14,25,29H,2,10,13,15H2,1H3,(H2-,33,37,40,41,42,43)/p+1. The van der Waals surface area contributed by atoms with Crippen LogP contribution in [0.4, 0.5) is 4.39 Å². The lowest BCUT2D eigenvalue weighted by Gasteiger charge is -2.49. The highest BCUT2D eigenvalue weighted by molar-refractivity contribution is 8.00. The van der Waals surface area contributed by atoms with Gasteiger partial charge in [-0.2, -0.15) is 0 Å². The van der Waals surface area contributed by atoms with Crippen molar-refractivity contribution in [3.63, 3.8) is 0 Å². The van der Waals surface area contributed by atoms with Gasteiger partial charge in [0.25, 0.3) is 5.91 Å². The Morgan fingerprint density at radius 1 is 1.11 bits per heavy atom. The smallest absolute Gasteiger partial charge is 0.352 e. The van der Waals surface area contributed by atoms with E-state index in [1.807, 2.05) is 17.5 Å². The van der Waals surface area contributed by atoms with E-state index in [1.165, 1.54) is 40.3 Å². The lowest BCUT2D eigenvalue weighted by atomic mass is 10.0. The number of amides is 2. The van der Waals surface area contributed by atoms with E-state index in [4.69, 9.17) is 0 Å². The number of rotatable bonds is 9. The van der Waals surface area contributed by atoms with Crippen LogP contribution in [0, 0.1) is 5.82 Å². The Balaban J connectivity index is 1.22. The molecule has 230 valence electrons. The Bertz CT molecular complexity index is 1970. The number of aromatic carboxylic acids is 1. The monoisotopic (exact) mass is 649 g/mol. The first-order chi connectivity index (χ1) is 21.6. The van der Waals surface area contributed by atoms with Crippen LogP contribution in [0.1, 0.15) is 22.2 Å². The Morgan fingerprint density at radius 3 is 2.51 bits per heavy atom. The number of benzene rings is 1. The van der Waals surface area contributed by atoms with Crippen molar-refractivity contribution in [1.82, 2.24) is 14.8 Å². The number of aromatic nitrogens is 2. The van der Waals surface area contributed by atoms with Gasteiger partial charge in [-0.3, -0.25) is 19.3 Å². The zero-order valence-corrected chi connectivity index (χ0v) is 25.4. The molecular weight excluding hydrogens is 623 g/mol. The number of thiophene rings is 1. The fourth-order valence-electron chi connectivity index (χ4n) is 5.61. The molecule has 1 fully saturated rings. The fourth-order valence-corrected chi connectivity index (χ4v) is 7.65. The van der Waals surface area contributed by atoms with E-state index in [0.29, 0.717) is 29.0 Å². The van der Waals surface area contributed by atoms with E-state index in [2.05, 4.69) is 5.32 Å². The first-order valence-corrected chi connectivity index (χ1v) is 15.8. The third-order valence-corrected chi connectivity index (χ3v) is 10.0. The average Bonchev–Trinajstić information content (AvgIpc) is 3.53. The number of β-lactam (4-membered cyclic amide) rings is 1. The van der Waals surface area contributed by atoms with Gasteiger partial charge in [-0.1, -0.05) is 6.07 Å². The van der Waals surface area contributed by atoms with E-state index < -0.39 is 46.1 Å². The lowest BCUT2D eigenvalue weighted by Crippen LogP contribution is -2.70. The number of carboxylic acids is 2. The Morgan fingerprint density at radius 2 is 1.87 bits per heavy atom. The summed E-state index contributed by atoms with van der Waals surface area (Å²) in [4.78, 5) is 64.1. The molecule has 14 heteroatoms. The van der Waals surface area contributed by atoms with Crippen molar-refractivity contribution in [3.8, 4) is 11.1 Å². The van der Waals surface area contributed by atoms with Crippen molar-refractivity contribution in [2.24, 2.45) is 0 Å². The molecule has 0 bridgehead atoms. The Hall–Kier alpha value is -4.82. The topological polar surface area (TPSA) is 150 Å². The predicted octanol–water partition coefficient (Wildman–Crippen LogP) is 2.86. The van der Waals surface area contributed by atoms with E-state index >= 15 is 4.39 Å². The molecule has 1 aromatic carbocycles. The summed E-state index contributed by atoms with van der Waals surface area (Å²) in [6.45, 7) is 2.30. The zero-order valence-electron chi connectivity index (χ0n) is 23.7. The molecule has 45 heavy (non-hydrogen) atoms. The van der Waals surface area contributed by atoms with Gasteiger partial charge in [-0.15, -0.1) is 23.1 Å². The second-order valence-electron chi connectivity index (χ2n) is 10.5. The number of aryl methyl sites for hydroxylation is 1. The summed E-state index contributed by atoms with van der Waals surface area (Å²) in [7, 11) is 0. The molecule has 11 nitrogen and oxygen atoms in total. The number of hydrogen-bond acceptors (Lipinski definition) is 7. The van der Waals surface area contributed by atoms with Crippen molar-refractivity contribution >= 4 is 57.8 Å². The van der Waals surface area contributed by atoms with Crippen LogP contribution in [0.25, 0.3) is 22.0 Å². The summed E-state index contributed by atoms with van der Waals surface area (Å²) >= 11 is 2.82. The van der Waals surface area contributed by atoms with Crippen LogP contribution in [0.5, 0.6) is 0 Å². The van der Waals surface area contributed by atoms with Gasteiger partial charge in [0.2, 0.25) is 11.3 Å². The highest BCUT2D eigenvalue weighted by Crippen LogP contribution is 2.40. The molecule has 1 saturated heterocycles. The molecule has 0 aliphatic carbocycles. The number of thioether (sulfide) groups is 1. The first kappa shape index (κ1) is 30.2. The third kappa shape index (κ3) is 5.51. The Kier molecular flexibility index (Phi) is 8.01. The summed E-state index contributed by atoms with van der Waals surface area (Å²) in [6.07, 6.45) is 4.71. The quantitative estimate of drug-likeness (QED) is 0.185. The molecule has 3 N–H and O–H groups in total. The molecule has 2 aliphatic rings. The number of fused-ring (bicyclic) bond motifs is 2. The molecular formula is C31H26FN4O7S2+. The van der Waals surface area contributed by atoms with Crippen molar-refractivity contribution in [1.29, 1.82) is 0 Å². The van der Waals surface area contributed by atoms with Crippen LogP contribution in [-0.2, 0) is 33.9 Å². The summed E-state index contributed by atoms with van der Waals surface area (Å²) in [5, 5.41) is 23.5. The second-order valence-corrected chi connectivity index (χ2v) is 12.7. The minimum absolute atomic E-state index is 0.0323. The molecule has 2 aliphatic heterocycles. The van der Waals surface area contributed by atoms with E-state index in [9.17, 15) is 34.2 Å². The molecule has 0 radical (unpaired) electrons. The third-order valence-electron chi connectivity index (χ3n) is 7.80. The fraction of sp³-hybridized carbons (Fsp3) is 0.226. The lowest BCUT2D eigenvalue weighted by molar-refractivity contribution is -0.689. The van der Waals surface area contributed by atoms with Crippen molar-refractivity contribution in [2.75, 3.05) is 5.75 Å². The summed E-state index contributed by atoms with van der Waals surface area (Å²) < 4.78 is 18.5. The molecule has 2 amide bonds. The summed E-state index contributed by atoms with van der Waals surface area (Å²) in [5.74, 6) is -3.77. The van der Waals surface area contributed by atoms with Crippen molar-refractivity contribution in [3.05, 3.63) is 98.1 Å². The van der Waals surface area contributed by atoms with Gasteiger partial charge in [0.15, 0.2) is 18.9 Å². The van der Waals surface area contributed by atoms with Crippen LogP contribution >= 0.6 is 23.1 Å². The molecule has 6 rings (SSSR count). The number of hydrogen-bond donors (Lipinski definition) is 3. The van der Waals surface area contributed by atoms with Gasteiger partial charge in [0.1, 0.15) is 28.5 Å². The number of carboxylic acid groups (broad SMARTS) is 2. The maximum Gasteiger partial charge on any atom is 0.352 e. The minimum Gasteiger partial charge on any atom is -0.477 e. The molecule has 0 saturated carbocycles. The molecule has 2 unspecified atom stereocenters. The Labute approximate surface area is 263 Å². The van der Waals surface area contributed by atoms with Gasteiger partial charge < -0.3 is 20.1 Å². The number of aliphatic carboxylic acids is 1.